The molecule has 3 aromatic heterocycles. The van der Waals surface area contributed by atoms with E-state index in [1.165, 1.54) is 0 Å². The molecule has 2 N–H and O–H groups in total. The summed E-state index contributed by atoms with van der Waals surface area (Å²) >= 11 is -2.26. The van der Waals surface area contributed by atoms with E-state index in [1.807, 2.05) is 41.8 Å². The largest absolute Gasteiger partial charge is 0.494 e. The number of aromatic nitrogens is 5. The van der Waals surface area contributed by atoms with Gasteiger partial charge in [-0.1, -0.05) is 18.2 Å². The number of aryl methyl sites for hydroxylation is 1. The van der Waals surface area contributed by atoms with Crippen LogP contribution in [0.1, 0.15) is 17.7 Å². The number of hydrogen-bond donors (Lipinski definition) is 2. The lowest BCUT2D eigenvalue weighted by Crippen LogP contribution is -2.30. The van der Waals surface area contributed by atoms with Crippen LogP contribution in [0.15, 0.2) is 65.3 Å². The van der Waals surface area contributed by atoms with Crippen molar-refractivity contribution in [3.05, 3.63) is 72.5 Å². The highest BCUT2D eigenvalue weighted by Crippen LogP contribution is 2.38. The first kappa shape index (κ1) is 23.7. The SMILES string of the molecule is COc1cccc(OC)c1-n1c(-c2ccco2)nnc1C(CNS(=O)O)n1c(C)nc2ccccc21. The molecule has 0 saturated carbocycles. The summed E-state index contributed by atoms with van der Waals surface area (Å²) in [6, 6.07) is 16.0. The molecule has 0 fully saturated rings. The summed E-state index contributed by atoms with van der Waals surface area (Å²) in [5.41, 5.74) is 2.19. The summed E-state index contributed by atoms with van der Waals surface area (Å²) in [6.45, 7) is 1.93. The van der Waals surface area contributed by atoms with Crippen molar-refractivity contribution in [2.24, 2.45) is 0 Å². The standard InChI is InChI=1S/C24H24N6O5S/c1-15-26-16-8-4-5-9-17(16)29(15)18(14-25-36(31)32)23-27-28-24(21-12-7-13-35-21)30(23)22-19(33-2)10-6-11-20(22)34-3/h4-13,18,25H,14H2,1-3H3,(H,31,32). The maximum Gasteiger partial charge on any atom is 0.231 e. The van der Waals surface area contributed by atoms with E-state index in [2.05, 4.69) is 19.9 Å². The minimum Gasteiger partial charge on any atom is -0.494 e. The molecular formula is C24H24N6O5S. The van der Waals surface area contributed by atoms with E-state index in [0.717, 1.165) is 11.0 Å². The molecule has 2 unspecified atom stereocenters. The lowest BCUT2D eigenvalue weighted by molar-refractivity contribution is 0.389. The minimum absolute atomic E-state index is 0.0536. The zero-order valence-electron chi connectivity index (χ0n) is 19.8. The zero-order valence-corrected chi connectivity index (χ0v) is 20.6. The number of nitrogens with one attached hydrogen (secondary N) is 1. The third-order valence-corrected chi connectivity index (χ3v) is 6.25. The molecule has 5 rings (SSSR count). The van der Waals surface area contributed by atoms with Gasteiger partial charge in [-0.2, -0.15) is 0 Å². The van der Waals surface area contributed by atoms with Crippen LogP contribution in [0.4, 0.5) is 0 Å². The molecular weight excluding hydrogens is 484 g/mol. The van der Waals surface area contributed by atoms with Crippen molar-refractivity contribution in [3.63, 3.8) is 0 Å². The van der Waals surface area contributed by atoms with Gasteiger partial charge in [0, 0.05) is 6.54 Å². The van der Waals surface area contributed by atoms with Gasteiger partial charge in [0.25, 0.3) is 0 Å². The topological polar surface area (TPSA) is 129 Å². The van der Waals surface area contributed by atoms with Gasteiger partial charge >= 0.3 is 0 Å². The Hall–Kier alpha value is -4.00. The highest BCUT2D eigenvalue weighted by atomic mass is 32.2. The van der Waals surface area contributed by atoms with Crippen LogP contribution in [0.3, 0.4) is 0 Å². The molecule has 0 aliphatic carbocycles. The molecule has 0 radical (unpaired) electrons. The van der Waals surface area contributed by atoms with Gasteiger partial charge in [0.2, 0.25) is 17.1 Å². The van der Waals surface area contributed by atoms with Gasteiger partial charge in [-0.25, -0.2) is 13.9 Å². The van der Waals surface area contributed by atoms with Crippen LogP contribution < -0.4 is 14.2 Å². The molecule has 12 heteroatoms. The first-order valence-corrected chi connectivity index (χ1v) is 12.1. The molecule has 3 heterocycles. The van der Waals surface area contributed by atoms with Crippen LogP contribution in [-0.2, 0) is 11.3 Å². The van der Waals surface area contributed by atoms with E-state index in [4.69, 9.17) is 13.9 Å². The van der Waals surface area contributed by atoms with Crippen molar-refractivity contribution in [3.8, 4) is 28.8 Å². The van der Waals surface area contributed by atoms with E-state index >= 15 is 0 Å². The molecule has 36 heavy (non-hydrogen) atoms. The van der Waals surface area contributed by atoms with Gasteiger partial charge in [-0.3, -0.25) is 9.12 Å². The van der Waals surface area contributed by atoms with E-state index in [9.17, 15) is 8.76 Å². The Bertz CT molecular complexity index is 1510. The van der Waals surface area contributed by atoms with Crippen molar-refractivity contribution in [2.45, 2.75) is 13.0 Å². The van der Waals surface area contributed by atoms with Crippen LogP contribution in [-0.4, -0.2) is 53.8 Å². The number of furan rings is 1. The van der Waals surface area contributed by atoms with Crippen molar-refractivity contribution in [1.82, 2.24) is 29.0 Å². The Kier molecular flexibility index (Phi) is 6.55. The zero-order chi connectivity index (χ0) is 25.2. The van der Waals surface area contributed by atoms with Gasteiger partial charge in [0.1, 0.15) is 29.1 Å². The minimum atomic E-state index is -2.26. The molecule has 0 aliphatic heterocycles. The lowest BCUT2D eigenvalue weighted by Gasteiger charge is -2.23. The Morgan fingerprint density at radius 2 is 1.81 bits per heavy atom. The number of benzene rings is 2. The monoisotopic (exact) mass is 508 g/mol. The average Bonchev–Trinajstić information content (AvgIpc) is 3.62. The van der Waals surface area contributed by atoms with Crippen molar-refractivity contribution < 1.29 is 22.7 Å². The number of methoxy groups -OCH3 is 2. The molecule has 0 saturated heterocycles. The second kappa shape index (κ2) is 9.93. The predicted molar refractivity (Wildman–Crippen MR) is 134 cm³/mol. The average molecular weight is 509 g/mol. The normalized spacial score (nSPS) is 13.1. The number of para-hydroxylation sites is 3. The Morgan fingerprint density at radius 3 is 2.47 bits per heavy atom. The smallest absolute Gasteiger partial charge is 0.231 e. The molecule has 0 bridgehead atoms. The van der Waals surface area contributed by atoms with Crippen LogP contribution in [0.2, 0.25) is 0 Å². The first-order chi connectivity index (χ1) is 17.5. The van der Waals surface area contributed by atoms with Crippen LogP contribution in [0, 0.1) is 6.92 Å². The molecule has 11 nitrogen and oxygen atoms in total. The number of ether oxygens (including phenoxy) is 2. The maximum atomic E-state index is 11.7. The summed E-state index contributed by atoms with van der Waals surface area (Å²) in [4.78, 5) is 4.68. The first-order valence-electron chi connectivity index (χ1n) is 11.0. The molecule has 186 valence electrons. The van der Waals surface area contributed by atoms with Crippen molar-refractivity contribution in [1.29, 1.82) is 0 Å². The van der Waals surface area contributed by atoms with Gasteiger partial charge in [-0.15, -0.1) is 10.2 Å². The third kappa shape index (κ3) is 4.15. The molecule has 5 aromatic rings. The maximum absolute atomic E-state index is 11.7. The molecule has 2 aromatic carbocycles. The molecule has 0 aliphatic rings. The Labute approximate surface area is 209 Å². The van der Waals surface area contributed by atoms with Crippen molar-refractivity contribution >= 4 is 22.3 Å². The Balaban J connectivity index is 1.82. The second-order valence-corrected chi connectivity index (χ2v) is 8.62. The summed E-state index contributed by atoms with van der Waals surface area (Å²) in [5.74, 6) is 3.09. The van der Waals surface area contributed by atoms with Crippen molar-refractivity contribution in [2.75, 3.05) is 20.8 Å². The summed E-state index contributed by atoms with van der Waals surface area (Å²) < 4.78 is 44.7. The number of imidazole rings is 1. The van der Waals surface area contributed by atoms with E-state index in [0.29, 0.717) is 40.4 Å². The number of hydrogen-bond acceptors (Lipinski definition) is 7. The van der Waals surface area contributed by atoms with Gasteiger partial charge in [0.15, 0.2) is 11.6 Å². The summed E-state index contributed by atoms with van der Waals surface area (Å²) in [7, 11) is 3.13. The second-order valence-electron chi connectivity index (χ2n) is 7.84. The van der Waals surface area contributed by atoms with Crippen LogP contribution in [0.25, 0.3) is 28.3 Å². The number of nitrogens with zero attached hydrogens (tertiary/aromatic N) is 5. The van der Waals surface area contributed by atoms with Gasteiger partial charge < -0.3 is 18.5 Å². The lowest BCUT2D eigenvalue weighted by atomic mass is 10.2. The third-order valence-electron chi connectivity index (χ3n) is 5.84. The number of rotatable bonds is 9. The van der Waals surface area contributed by atoms with Crippen LogP contribution >= 0.6 is 0 Å². The highest BCUT2D eigenvalue weighted by molar-refractivity contribution is 7.77. The fourth-order valence-electron chi connectivity index (χ4n) is 4.36. The van der Waals surface area contributed by atoms with E-state index in [1.54, 1.807) is 49.3 Å². The molecule has 2 atom stereocenters. The quantitative estimate of drug-likeness (QED) is 0.289. The highest BCUT2D eigenvalue weighted by Gasteiger charge is 2.31. The Morgan fingerprint density at radius 1 is 1.06 bits per heavy atom. The molecule has 0 amide bonds. The summed E-state index contributed by atoms with van der Waals surface area (Å²) in [6.07, 6.45) is 1.55. The molecule has 0 spiro atoms. The summed E-state index contributed by atoms with van der Waals surface area (Å²) in [5, 5.41) is 9.02. The van der Waals surface area contributed by atoms with Gasteiger partial charge in [0.05, 0.1) is 31.5 Å². The van der Waals surface area contributed by atoms with E-state index < -0.39 is 17.3 Å². The van der Waals surface area contributed by atoms with Crippen LogP contribution in [0.5, 0.6) is 11.5 Å². The fraction of sp³-hybridized carbons (Fsp3) is 0.208. The van der Waals surface area contributed by atoms with Gasteiger partial charge in [-0.05, 0) is 43.3 Å². The predicted octanol–water partition coefficient (Wildman–Crippen LogP) is 3.52. The number of fused-ring (bicyclic) bond motifs is 1. The fourth-order valence-corrected chi connectivity index (χ4v) is 4.66. The van der Waals surface area contributed by atoms with E-state index in [-0.39, 0.29) is 6.54 Å².